The number of fused-ring (bicyclic) bond motifs is 6. The van der Waals surface area contributed by atoms with Crippen LogP contribution in [0.4, 0.5) is 0 Å². The van der Waals surface area contributed by atoms with Gasteiger partial charge in [-0.15, -0.1) is 0 Å². The third-order valence-electron chi connectivity index (χ3n) is 11.3. The monoisotopic (exact) mass is 639 g/mol. The van der Waals surface area contributed by atoms with Gasteiger partial charge in [-0.25, -0.2) is 0 Å². The molecule has 0 amide bonds. The molecule has 8 aromatic carbocycles. The van der Waals surface area contributed by atoms with Gasteiger partial charge in [-0.3, -0.25) is 0 Å². The zero-order valence-electron chi connectivity index (χ0n) is 26.7. The van der Waals surface area contributed by atoms with Crippen LogP contribution in [0.1, 0.15) is 16.7 Å². The maximum atomic E-state index is 13.7. The lowest BCUT2D eigenvalue weighted by Gasteiger charge is -2.45. The van der Waals surface area contributed by atoms with Crippen molar-refractivity contribution in [3.05, 3.63) is 168 Å². The van der Waals surface area contributed by atoms with Crippen LogP contribution in [-0.4, -0.2) is 16.4 Å². The first-order chi connectivity index (χ1) is 24.7. The molecule has 5 heteroatoms. The lowest BCUT2D eigenvalue weighted by Crippen LogP contribution is -2.65. The minimum Gasteiger partial charge on any atom is -0.458 e. The summed E-state index contributed by atoms with van der Waals surface area (Å²) in [6.45, 7) is -0.102. The Labute approximate surface area is 287 Å². The quantitative estimate of drug-likeness (QED) is 0.153. The van der Waals surface area contributed by atoms with Crippen LogP contribution in [0.5, 0.6) is 23.0 Å². The topological polar surface area (TPSA) is 43.6 Å². The Bertz CT molecular complexity index is 2850. The fourth-order valence-corrected chi connectivity index (χ4v) is 9.32. The molecule has 4 heterocycles. The van der Waals surface area contributed by atoms with Crippen molar-refractivity contribution in [1.29, 1.82) is 0 Å². The normalized spacial score (nSPS) is 14.5. The molecule has 1 N–H and O–H groups in total. The smallest absolute Gasteiger partial charge is 0.261 e. The summed E-state index contributed by atoms with van der Waals surface area (Å²) in [5, 5.41) is 20.4. The summed E-state index contributed by atoms with van der Waals surface area (Å²) in [6, 6.07) is 52.8. The number of hydrogen-bond acceptors (Lipinski definition) is 3. The summed E-state index contributed by atoms with van der Waals surface area (Å²) >= 11 is 0. The van der Waals surface area contributed by atoms with Crippen molar-refractivity contribution in [3.63, 3.8) is 0 Å². The number of para-hydroxylation sites is 2. The standard InChI is InChI=1S/C45H26BNO3/c48-45(33-13-6-17-37-42(33)46-43-34(45)14-7-18-38(43)50-40-20-8-19-39(49-37)44(40)46)32-12-5-9-27-22-21-26-23-24-28(25-31(26)41(27)32)47-35-15-3-1-10-29(35)30-11-2-4-16-36(30)47/h1-25,48H. The largest absolute Gasteiger partial charge is 0.458 e. The Morgan fingerprint density at radius 1 is 0.460 bits per heavy atom. The Kier molecular flexibility index (Phi) is 4.92. The van der Waals surface area contributed by atoms with Crippen LogP contribution < -0.4 is 25.9 Å². The molecule has 50 heavy (non-hydrogen) atoms. The summed E-state index contributed by atoms with van der Waals surface area (Å²) in [4.78, 5) is 0. The van der Waals surface area contributed by atoms with Crippen LogP contribution in [0.3, 0.4) is 0 Å². The van der Waals surface area contributed by atoms with Gasteiger partial charge in [-0.2, -0.15) is 0 Å². The minimum absolute atomic E-state index is 0.102. The Balaban J connectivity index is 1.18. The summed E-state index contributed by atoms with van der Waals surface area (Å²) < 4.78 is 15.5. The predicted molar refractivity (Wildman–Crippen MR) is 202 cm³/mol. The first-order valence-corrected chi connectivity index (χ1v) is 17.1. The second-order valence-corrected chi connectivity index (χ2v) is 13.7. The van der Waals surface area contributed by atoms with E-state index >= 15 is 0 Å². The van der Waals surface area contributed by atoms with E-state index in [0.717, 1.165) is 94.3 Å². The number of aliphatic hydroxyl groups is 1. The van der Waals surface area contributed by atoms with Crippen LogP contribution in [-0.2, 0) is 5.60 Å². The van der Waals surface area contributed by atoms with Gasteiger partial charge in [0.25, 0.3) is 6.71 Å². The second kappa shape index (κ2) is 9.23. The van der Waals surface area contributed by atoms with Crippen LogP contribution >= 0.6 is 0 Å². The molecule has 0 aliphatic carbocycles. The lowest BCUT2D eigenvalue weighted by molar-refractivity contribution is 0.128. The summed E-state index contributed by atoms with van der Waals surface area (Å²) in [7, 11) is 0. The van der Waals surface area contributed by atoms with E-state index < -0.39 is 5.60 Å². The third-order valence-corrected chi connectivity index (χ3v) is 11.3. The molecule has 4 nitrogen and oxygen atoms in total. The molecule has 0 saturated heterocycles. The van der Waals surface area contributed by atoms with E-state index in [9.17, 15) is 5.11 Å². The van der Waals surface area contributed by atoms with E-state index in [4.69, 9.17) is 9.47 Å². The molecule has 9 aromatic rings. The van der Waals surface area contributed by atoms with Crippen molar-refractivity contribution in [3.8, 4) is 28.7 Å². The molecular formula is C45H26BNO3. The molecule has 0 fully saturated rings. The van der Waals surface area contributed by atoms with Crippen molar-refractivity contribution in [2.45, 2.75) is 5.60 Å². The molecule has 3 aliphatic heterocycles. The highest BCUT2D eigenvalue weighted by Crippen LogP contribution is 2.48. The molecule has 232 valence electrons. The predicted octanol–water partition coefficient (Wildman–Crippen LogP) is 8.42. The van der Waals surface area contributed by atoms with Gasteiger partial charge in [0.05, 0.1) is 11.0 Å². The summed E-state index contributed by atoms with van der Waals surface area (Å²) in [5.41, 5.74) is 7.47. The molecule has 0 unspecified atom stereocenters. The van der Waals surface area contributed by atoms with Gasteiger partial charge in [0.15, 0.2) is 0 Å². The van der Waals surface area contributed by atoms with Gasteiger partial charge < -0.3 is 19.1 Å². The number of rotatable bonds is 2. The molecule has 1 aromatic heterocycles. The van der Waals surface area contributed by atoms with Crippen LogP contribution in [0.2, 0.25) is 0 Å². The zero-order valence-corrected chi connectivity index (χ0v) is 26.7. The lowest BCUT2D eigenvalue weighted by atomic mass is 9.30. The zero-order chi connectivity index (χ0) is 32.7. The molecule has 0 spiro atoms. The molecule has 0 atom stereocenters. The van der Waals surface area contributed by atoms with Gasteiger partial charge in [0.1, 0.15) is 28.6 Å². The van der Waals surface area contributed by atoms with Crippen molar-refractivity contribution in [2.24, 2.45) is 0 Å². The van der Waals surface area contributed by atoms with E-state index in [1.807, 2.05) is 42.5 Å². The molecule has 0 bridgehead atoms. The first-order valence-electron chi connectivity index (χ1n) is 17.1. The highest BCUT2D eigenvalue weighted by molar-refractivity contribution is 6.99. The average molecular weight is 640 g/mol. The SMILES string of the molecule is OC1(c2cccc3ccc4ccc(-n5c6ccccc6c6ccccc65)cc4c23)c2cccc3c2B2c4c(cccc4Oc4cccc1c42)O3. The Morgan fingerprint density at radius 2 is 0.980 bits per heavy atom. The minimum atomic E-state index is -1.49. The summed E-state index contributed by atoms with van der Waals surface area (Å²) in [6.07, 6.45) is 0. The van der Waals surface area contributed by atoms with Gasteiger partial charge in [0, 0.05) is 27.5 Å². The number of nitrogens with zero attached hydrogens (tertiary/aromatic N) is 1. The Morgan fingerprint density at radius 3 is 1.64 bits per heavy atom. The number of ether oxygens (including phenoxy) is 2. The van der Waals surface area contributed by atoms with Crippen molar-refractivity contribution in [1.82, 2.24) is 4.57 Å². The van der Waals surface area contributed by atoms with Crippen LogP contribution in [0.15, 0.2) is 152 Å². The van der Waals surface area contributed by atoms with Crippen LogP contribution in [0, 0.1) is 0 Å². The number of aromatic nitrogens is 1. The fourth-order valence-electron chi connectivity index (χ4n) is 9.32. The first kappa shape index (κ1) is 26.6. The van der Waals surface area contributed by atoms with Crippen LogP contribution in [0.25, 0.3) is 49.0 Å². The summed E-state index contributed by atoms with van der Waals surface area (Å²) in [5.74, 6) is 3.15. The van der Waals surface area contributed by atoms with Gasteiger partial charge in [0.2, 0.25) is 0 Å². The van der Waals surface area contributed by atoms with Gasteiger partial charge >= 0.3 is 0 Å². The maximum absolute atomic E-state index is 13.7. The molecule has 3 aliphatic rings. The highest BCUT2D eigenvalue weighted by Gasteiger charge is 2.53. The second-order valence-electron chi connectivity index (χ2n) is 13.7. The highest BCUT2D eigenvalue weighted by atomic mass is 16.5. The maximum Gasteiger partial charge on any atom is 0.261 e. The van der Waals surface area contributed by atoms with Crippen molar-refractivity contribution < 1.29 is 14.6 Å². The van der Waals surface area contributed by atoms with E-state index in [2.05, 4.69) is 114 Å². The average Bonchev–Trinajstić information content (AvgIpc) is 3.50. The van der Waals surface area contributed by atoms with E-state index in [1.54, 1.807) is 0 Å². The van der Waals surface area contributed by atoms with E-state index in [0.29, 0.717) is 0 Å². The van der Waals surface area contributed by atoms with Gasteiger partial charge in [-0.05, 0) is 92.1 Å². The molecule has 12 rings (SSSR count). The fraction of sp³-hybridized carbons (Fsp3) is 0.0222. The Hall–Kier alpha value is -6.30. The molecule has 0 saturated carbocycles. The van der Waals surface area contributed by atoms with Crippen molar-refractivity contribution >= 4 is 66.5 Å². The molecule has 0 radical (unpaired) electrons. The molecular weight excluding hydrogens is 613 g/mol. The number of hydrogen-bond donors (Lipinski definition) is 1. The third kappa shape index (κ3) is 3.17. The van der Waals surface area contributed by atoms with E-state index in [1.165, 1.54) is 10.8 Å². The van der Waals surface area contributed by atoms with Crippen molar-refractivity contribution in [2.75, 3.05) is 0 Å². The number of benzene rings is 8. The van der Waals surface area contributed by atoms with E-state index in [-0.39, 0.29) is 6.71 Å². The van der Waals surface area contributed by atoms with Gasteiger partial charge in [-0.1, -0.05) is 103 Å².